The molecule has 72 heavy (non-hydrogen) atoms. The molecule has 9 rings (SSSR count). The molecule has 4 unspecified atom stereocenters. The summed E-state index contributed by atoms with van der Waals surface area (Å²) in [5.41, 5.74) is 11.8. The minimum atomic E-state index is -1.59. The molecule has 382 valence electrons. The minimum absolute atomic E-state index is 0.335. The van der Waals surface area contributed by atoms with Crippen molar-refractivity contribution in [3.8, 4) is 33.8 Å². The number of nitrogens with one attached hydrogen (secondary N) is 2. The Morgan fingerprint density at radius 1 is 0.486 bits per heavy atom. The van der Waals surface area contributed by atoms with E-state index in [4.69, 9.17) is 28.9 Å². The molecule has 0 aliphatic carbocycles. The third-order valence-electron chi connectivity index (χ3n) is 14.2. The van der Waals surface area contributed by atoms with Crippen molar-refractivity contribution in [3.05, 3.63) is 107 Å². The molecule has 9 N–H and O–H groups in total. The van der Waals surface area contributed by atoms with Crippen molar-refractivity contribution in [1.29, 1.82) is 0 Å². The number of ether oxygens (including phenoxy) is 4. The molecule has 0 saturated carbocycles. The molecule has 5 aromatic rings. The lowest BCUT2D eigenvalue weighted by molar-refractivity contribution is -0.277. The Bertz CT molecular complexity index is 2710. The van der Waals surface area contributed by atoms with Gasteiger partial charge >= 0.3 is 0 Å². The van der Waals surface area contributed by atoms with Gasteiger partial charge in [0.1, 0.15) is 54.2 Å². The van der Waals surface area contributed by atoms with Gasteiger partial charge in [-0.15, -0.1) is 0 Å². The zero-order chi connectivity index (χ0) is 50.5. The summed E-state index contributed by atoms with van der Waals surface area (Å²) in [5, 5.41) is 73.8. The summed E-state index contributed by atoms with van der Waals surface area (Å²) in [7, 11) is 0. The van der Waals surface area contributed by atoms with Crippen LogP contribution in [0.4, 0.5) is 0 Å². The van der Waals surface area contributed by atoms with Gasteiger partial charge in [0.15, 0.2) is 0 Å². The maximum Gasteiger partial charge on any atom is 0.229 e. The van der Waals surface area contributed by atoms with Crippen LogP contribution in [0, 0.1) is 0 Å². The van der Waals surface area contributed by atoms with Crippen LogP contribution in [0.2, 0.25) is 0 Å². The Morgan fingerprint density at radius 2 is 0.917 bits per heavy atom. The average molecular weight is 985 g/mol. The number of unbranched alkanes of at least 4 members (excludes halogenated alkanes) is 6. The lowest BCUT2D eigenvalue weighted by atomic mass is 9.97. The lowest BCUT2D eigenvalue weighted by Crippen LogP contribution is -2.60. The van der Waals surface area contributed by atoms with E-state index in [2.05, 4.69) is 60.2 Å². The second kappa shape index (κ2) is 23.0. The number of rotatable bonds is 18. The molecule has 4 aliphatic rings. The summed E-state index contributed by atoms with van der Waals surface area (Å²) in [6, 6.07) is 23.2. The van der Waals surface area contributed by atoms with E-state index < -0.39 is 68.0 Å². The van der Waals surface area contributed by atoms with E-state index in [0.29, 0.717) is 17.9 Å². The second-order valence-corrected chi connectivity index (χ2v) is 19.2. The molecular formula is C57H68N4O11. The molecule has 3 aromatic heterocycles. The number of fused-ring (bicyclic) bond motifs is 8. The Balaban J connectivity index is 1.23. The third-order valence-corrected chi connectivity index (χ3v) is 14.2. The number of aliphatic hydroxyl groups excluding tert-OH is 7. The first-order chi connectivity index (χ1) is 35.0. The van der Waals surface area contributed by atoms with Crippen LogP contribution in [0.1, 0.15) is 112 Å². The standard InChI is InChI=1S/C57H68N4O11/c1-4-7-9-11-19-36-38-21-25-42(58-38)48(32-15-13-17-34(29-32)69-56-54(67)52(65)50(63)46(6-3)71-56)43-26-22-39(59-43)37(20-12-10-8-5-2)41-24-28-45(61-41)49(44-27-23-40(36)60-44)33-16-14-18-35(30-33)70-57-55(68)53(66)51(64)47(31-62)72-57/h13-18,21-30,46-47,50-58,61-68H,4-12,19-20,31H2,1-3H3/t46-,47?,50?,51-,52-,53+,54-,55?,56?,57-/m1/s1. The number of H-pyrrole nitrogens is 2. The van der Waals surface area contributed by atoms with Gasteiger partial charge in [-0.2, -0.15) is 0 Å². The largest absolute Gasteiger partial charge is 0.462 e. The molecular weight excluding hydrogens is 917 g/mol. The number of aryl methyl sites for hydroxylation is 2. The molecule has 15 nitrogen and oxygen atoms in total. The Morgan fingerprint density at radius 3 is 1.36 bits per heavy atom. The summed E-state index contributed by atoms with van der Waals surface area (Å²) in [6.07, 6.45) is 5.34. The van der Waals surface area contributed by atoms with Crippen LogP contribution >= 0.6 is 0 Å². The third kappa shape index (κ3) is 10.8. The molecule has 0 radical (unpaired) electrons. The highest BCUT2D eigenvalue weighted by Gasteiger charge is 2.45. The van der Waals surface area contributed by atoms with Crippen LogP contribution in [-0.4, -0.2) is 124 Å². The van der Waals surface area contributed by atoms with Crippen molar-refractivity contribution in [2.45, 2.75) is 153 Å². The summed E-state index contributed by atoms with van der Waals surface area (Å²) >= 11 is 0. The normalized spacial score (nSPS) is 25.0. The highest BCUT2D eigenvalue weighted by atomic mass is 16.7. The van der Waals surface area contributed by atoms with Crippen molar-refractivity contribution in [2.75, 3.05) is 6.61 Å². The molecule has 4 aliphatic heterocycles. The Kier molecular flexibility index (Phi) is 16.4. The first-order valence-corrected chi connectivity index (χ1v) is 25.7. The maximum atomic E-state index is 10.9. The second-order valence-electron chi connectivity index (χ2n) is 19.2. The molecule has 15 heteroatoms. The van der Waals surface area contributed by atoms with Gasteiger partial charge in [-0.3, -0.25) is 0 Å². The Hall–Kier alpha value is -5.72. The number of aliphatic hydroxyl groups is 7. The van der Waals surface area contributed by atoms with E-state index >= 15 is 0 Å². The minimum Gasteiger partial charge on any atom is -0.462 e. The van der Waals surface area contributed by atoms with Crippen LogP contribution in [-0.2, 0) is 22.3 Å². The fourth-order valence-electron chi connectivity index (χ4n) is 10.1. The topological polar surface area (TPSA) is 236 Å². The fraction of sp³-hybridized carbons (Fsp3) is 0.439. The van der Waals surface area contributed by atoms with Crippen molar-refractivity contribution in [3.63, 3.8) is 0 Å². The SMILES string of the molecule is CCCCCCc1c2nc(c(-c3cccc(O[C@@H]4OC(CO)[C@@H](O)[C@H](O)C4O)c3)c3ccc([nH]3)c(CCCCCC)c3nc(c(-c4cccc(OC5O[C@H](CC)C(O)[C@@H](O)[C@H]5O)c4)c4ccc1[nH]4)C=C3)C=C2. The highest BCUT2D eigenvalue weighted by molar-refractivity contribution is 5.94. The molecule has 0 spiro atoms. The molecule has 2 fully saturated rings. The van der Waals surface area contributed by atoms with Crippen molar-refractivity contribution in [1.82, 2.24) is 19.9 Å². The monoisotopic (exact) mass is 984 g/mol. The quantitative estimate of drug-likeness (QED) is 0.0371. The van der Waals surface area contributed by atoms with Crippen molar-refractivity contribution >= 4 is 46.4 Å². The van der Waals surface area contributed by atoms with E-state index in [1.165, 1.54) is 0 Å². The van der Waals surface area contributed by atoms with Gasteiger partial charge in [0, 0.05) is 44.3 Å². The zero-order valence-corrected chi connectivity index (χ0v) is 41.2. The number of nitrogens with zero attached hydrogens (tertiary/aromatic N) is 2. The molecule has 0 amide bonds. The number of aromatic amines is 2. The van der Waals surface area contributed by atoms with E-state index in [-0.39, 0.29) is 0 Å². The van der Waals surface area contributed by atoms with Gasteiger partial charge < -0.3 is 64.7 Å². The van der Waals surface area contributed by atoms with Crippen LogP contribution in [0.5, 0.6) is 11.5 Å². The molecule has 2 aromatic carbocycles. The smallest absolute Gasteiger partial charge is 0.229 e. The number of aromatic nitrogens is 4. The average Bonchev–Trinajstić information content (AvgIpc) is 4.25. The first-order valence-electron chi connectivity index (χ1n) is 25.7. The van der Waals surface area contributed by atoms with Crippen LogP contribution in [0.15, 0.2) is 72.8 Å². The number of hydrogen-bond acceptors (Lipinski definition) is 13. The zero-order valence-electron chi connectivity index (χ0n) is 41.2. The van der Waals surface area contributed by atoms with E-state index in [9.17, 15) is 35.7 Å². The van der Waals surface area contributed by atoms with Gasteiger partial charge in [-0.05, 0) is 116 Å². The Labute approximate surface area is 419 Å². The summed E-state index contributed by atoms with van der Waals surface area (Å²) in [6.45, 7) is 5.66. The summed E-state index contributed by atoms with van der Waals surface area (Å²) < 4.78 is 24.1. The predicted molar refractivity (Wildman–Crippen MR) is 277 cm³/mol. The van der Waals surface area contributed by atoms with E-state index in [1.807, 2.05) is 55.5 Å². The van der Waals surface area contributed by atoms with E-state index in [1.54, 1.807) is 12.1 Å². The lowest BCUT2D eigenvalue weighted by Gasteiger charge is -2.40. The first kappa shape index (κ1) is 51.2. The van der Waals surface area contributed by atoms with Gasteiger partial charge in [-0.25, -0.2) is 9.97 Å². The van der Waals surface area contributed by atoms with Crippen molar-refractivity contribution < 1.29 is 54.7 Å². The highest BCUT2D eigenvalue weighted by Crippen LogP contribution is 2.38. The van der Waals surface area contributed by atoms with Crippen LogP contribution < -0.4 is 9.47 Å². The molecule has 10 atom stereocenters. The molecule has 7 heterocycles. The number of benzene rings is 2. The predicted octanol–water partition coefficient (Wildman–Crippen LogP) is 8.01. The van der Waals surface area contributed by atoms with Crippen LogP contribution in [0.3, 0.4) is 0 Å². The molecule has 2 saturated heterocycles. The summed E-state index contributed by atoms with van der Waals surface area (Å²) in [5.74, 6) is 0.742. The van der Waals surface area contributed by atoms with E-state index in [0.717, 1.165) is 142 Å². The fourth-order valence-corrected chi connectivity index (χ4v) is 10.1. The van der Waals surface area contributed by atoms with Crippen molar-refractivity contribution in [2.24, 2.45) is 0 Å². The van der Waals surface area contributed by atoms with Gasteiger partial charge in [0.05, 0.1) is 35.5 Å². The van der Waals surface area contributed by atoms with Gasteiger partial charge in [0.25, 0.3) is 0 Å². The maximum absolute atomic E-state index is 10.9. The summed E-state index contributed by atoms with van der Waals surface area (Å²) in [4.78, 5) is 18.4. The molecule has 8 bridgehead atoms. The van der Waals surface area contributed by atoms with Crippen LogP contribution in [0.25, 0.3) is 68.6 Å². The number of hydrogen-bond donors (Lipinski definition) is 9. The van der Waals surface area contributed by atoms with Gasteiger partial charge in [-0.1, -0.05) is 83.6 Å². The van der Waals surface area contributed by atoms with Gasteiger partial charge in [0.2, 0.25) is 12.6 Å².